The van der Waals surface area contributed by atoms with Crippen molar-refractivity contribution in [3.63, 3.8) is 0 Å². The van der Waals surface area contributed by atoms with Crippen LogP contribution in [0.1, 0.15) is 23.7 Å². The molecule has 1 aromatic carbocycles. The van der Waals surface area contributed by atoms with Crippen molar-refractivity contribution in [1.82, 2.24) is 4.98 Å². The second-order valence-electron chi connectivity index (χ2n) is 4.05. The highest BCUT2D eigenvalue weighted by Gasteiger charge is 2.13. The van der Waals surface area contributed by atoms with Crippen LogP contribution in [0.2, 0.25) is 5.15 Å². The molecule has 0 saturated heterocycles. The highest BCUT2D eigenvalue weighted by Crippen LogP contribution is 2.20. The number of esters is 1. The number of nitrogens with zero attached hydrogens (tertiary/aromatic N) is 1. The molecule has 1 heterocycles. The molecule has 2 aromatic rings. The molecular formula is C15H14ClNO3. The van der Waals surface area contributed by atoms with Crippen LogP contribution in [0.4, 0.5) is 0 Å². The maximum atomic E-state index is 11.9. The smallest absolute Gasteiger partial charge is 0.346 e. The van der Waals surface area contributed by atoms with E-state index in [4.69, 9.17) is 21.1 Å². The lowest BCUT2D eigenvalue weighted by molar-refractivity contribution is 0.0734. The third-order valence-electron chi connectivity index (χ3n) is 2.49. The van der Waals surface area contributed by atoms with E-state index in [9.17, 15) is 4.79 Å². The molecule has 20 heavy (non-hydrogen) atoms. The zero-order chi connectivity index (χ0) is 14.4. The zero-order valence-electron chi connectivity index (χ0n) is 11.0. The van der Waals surface area contributed by atoms with Gasteiger partial charge in [0.2, 0.25) is 0 Å². The normalized spacial score (nSPS) is 10.1. The molecule has 0 unspecified atom stereocenters. The second kappa shape index (κ2) is 6.91. The molecule has 5 heteroatoms. The van der Waals surface area contributed by atoms with Crippen LogP contribution in [0.15, 0.2) is 42.6 Å². The van der Waals surface area contributed by atoms with Gasteiger partial charge >= 0.3 is 5.97 Å². The molecule has 0 fully saturated rings. The number of rotatable bonds is 5. The van der Waals surface area contributed by atoms with Gasteiger partial charge in [0, 0.05) is 6.20 Å². The van der Waals surface area contributed by atoms with Crippen LogP contribution in [0, 0.1) is 0 Å². The molecule has 0 aliphatic heterocycles. The molecule has 0 radical (unpaired) electrons. The molecule has 104 valence electrons. The Bertz CT molecular complexity index is 584. The summed E-state index contributed by atoms with van der Waals surface area (Å²) in [7, 11) is 0. The van der Waals surface area contributed by atoms with E-state index in [1.165, 1.54) is 6.20 Å². The fourth-order valence-electron chi connectivity index (χ4n) is 1.52. The highest BCUT2D eigenvalue weighted by atomic mass is 35.5. The minimum atomic E-state index is -0.537. The van der Waals surface area contributed by atoms with Crippen LogP contribution in [0.25, 0.3) is 0 Å². The fourth-order valence-corrected chi connectivity index (χ4v) is 1.72. The highest BCUT2D eigenvalue weighted by molar-refractivity contribution is 6.32. The summed E-state index contributed by atoms with van der Waals surface area (Å²) < 4.78 is 10.7. The predicted octanol–water partition coefficient (Wildman–Crippen LogP) is 3.74. The Labute approximate surface area is 122 Å². The molecule has 4 nitrogen and oxygen atoms in total. The van der Waals surface area contributed by atoms with E-state index < -0.39 is 5.97 Å². The number of ether oxygens (including phenoxy) is 2. The summed E-state index contributed by atoms with van der Waals surface area (Å²) in [6, 6.07) is 10.0. The summed E-state index contributed by atoms with van der Waals surface area (Å²) in [5.41, 5.74) is 0.237. The number of aromatic nitrogens is 1. The summed E-state index contributed by atoms with van der Waals surface area (Å²) in [5.74, 6) is 0.634. The van der Waals surface area contributed by atoms with Gasteiger partial charge in [-0.15, -0.1) is 0 Å². The van der Waals surface area contributed by atoms with Crippen molar-refractivity contribution in [2.45, 2.75) is 13.3 Å². The summed E-state index contributed by atoms with van der Waals surface area (Å²) in [5, 5.41) is 0.125. The maximum Gasteiger partial charge on any atom is 0.346 e. The third kappa shape index (κ3) is 3.71. The maximum absolute atomic E-state index is 11.9. The molecule has 0 bridgehead atoms. The van der Waals surface area contributed by atoms with Crippen molar-refractivity contribution < 1.29 is 14.3 Å². The first-order valence-corrected chi connectivity index (χ1v) is 6.64. The Balaban J connectivity index is 2.03. The topological polar surface area (TPSA) is 48.4 Å². The summed E-state index contributed by atoms with van der Waals surface area (Å²) in [6.45, 7) is 2.69. The third-order valence-corrected chi connectivity index (χ3v) is 2.79. The minimum absolute atomic E-state index is 0.125. The minimum Gasteiger partial charge on any atom is -0.494 e. The monoisotopic (exact) mass is 291 g/mol. The van der Waals surface area contributed by atoms with Gasteiger partial charge in [-0.05, 0) is 42.8 Å². The van der Waals surface area contributed by atoms with E-state index in [0.717, 1.165) is 12.2 Å². The van der Waals surface area contributed by atoms with E-state index in [1.54, 1.807) is 36.4 Å². The van der Waals surface area contributed by atoms with Gasteiger partial charge in [-0.3, -0.25) is 0 Å². The number of pyridine rings is 1. The SMILES string of the molecule is CCCOc1ccc(OC(=O)c2cccnc2Cl)cc1. The van der Waals surface area contributed by atoms with Crippen LogP contribution < -0.4 is 9.47 Å². The molecule has 0 amide bonds. The summed E-state index contributed by atoms with van der Waals surface area (Å²) in [4.78, 5) is 15.7. The van der Waals surface area contributed by atoms with Gasteiger partial charge in [-0.2, -0.15) is 0 Å². The van der Waals surface area contributed by atoms with E-state index in [2.05, 4.69) is 4.98 Å². The molecule has 0 spiro atoms. The van der Waals surface area contributed by atoms with Crippen LogP contribution in [0.5, 0.6) is 11.5 Å². The lowest BCUT2D eigenvalue weighted by Gasteiger charge is -2.07. The van der Waals surface area contributed by atoms with Crippen LogP contribution in [0.3, 0.4) is 0 Å². The number of hydrogen-bond acceptors (Lipinski definition) is 4. The van der Waals surface area contributed by atoms with Gasteiger partial charge in [0.15, 0.2) is 0 Å². The number of carbonyl (C=O) groups excluding carboxylic acids is 1. The van der Waals surface area contributed by atoms with Crippen LogP contribution in [-0.2, 0) is 0 Å². The standard InChI is InChI=1S/C15H14ClNO3/c1-2-10-19-11-5-7-12(8-6-11)20-15(18)13-4-3-9-17-14(13)16/h3-9H,2,10H2,1H3. The van der Waals surface area contributed by atoms with Crippen LogP contribution >= 0.6 is 11.6 Å². The number of hydrogen-bond donors (Lipinski definition) is 0. The van der Waals surface area contributed by atoms with E-state index in [1.807, 2.05) is 6.92 Å². The Morgan fingerprint density at radius 3 is 2.55 bits per heavy atom. The molecule has 0 saturated carbocycles. The van der Waals surface area contributed by atoms with Gasteiger partial charge in [0.25, 0.3) is 0 Å². The number of benzene rings is 1. The van der Waals surface area contributed by atoms with E-state index in [0.29, 0.717) is 12.4 Å². The Hall–Kier alpha value is -2.07. The molecular weight excluding hydrogens is 278 g/mol. The first kappa shape index (κ1) is 14.3. The zero-order valence-corrected chi connectivity index (χ0v) is 11.8. The lowest BCUT2D eigenvalue weighted by atomic mass is 10.3. The predicted molar refractivity (Wildman–Crippen MR) is 76.4 cm³/mol. The fraction of sp³-hybridized carbons (Fsp3) is 0.200. The molecule has 2 rings (SSSR count). The number of halogens is 1. The van der Waals surface area contributed by atoms with E-state index >= 15 is 0 Å². The van der Waals surface area contributed by atoms with Crippen molar-refractivity contribution in [2.75, 3.05) is 6.61 Å². The molecule has 1 aromatic heterocycles. The quantitative estimate of drug-likeness (QED) is 0.478. The molecule has 0 atom stereocenters. The lowest BCUT2D eigenvalue weighted by Crippen LogP contribution is -2.09. The van der Waals surface area contributed by atoms with Crippen molar-refractivity contribution in [3.05, 3.63) is 53.3 Å². The summed E-state index contributed by atoms with van der Waals surface area (Å²) >= 11 is 5.84. The molecule has 0 aliphatic carbocycles. The first-order valence-electron chi connectivity index (χ1n) is 6.26. The molecule has 0 N–H and O–H groups in total. The Kier molecular flexibility index (Phi) is 4.96. The van der Waals surface area contributed by atoms with Gasteiger partial charge < -0.3 is 9.47 Å². The molecule has 0 aliphatic rings. The largest absolute Gasteiger partial charge is 0.494 e. The van der Waals surface area contributed by atoms with E-state index in [-0.39, 0.29) is 10.7 Å². The van der Waals surface area contributed by atoms with Gasteiger partial charge in [-0.25, -0.2) is 9.78 Å². The summed E-state index contributed by atoms with van der Waals surface area (Å²) in [6.07, 6.45) is 2.45. The van der Waals surface area contributed by atoms with Gasteiger partial charge in [-0.1, -0.05) is 18.5 Å². The van der Waals surface area contributed by atoms with Crippen molar-refractivity contribution >= 4 is 17.6 Å². The van der Waals surface area contributed by atoms with Crippen molar-refractivity contribution in [1.29, 1.82) is 0 Å². The average Bonchev–Trinajstić information content (AvgIpc) is 2.47. The van der Waals surface area contributed by atoms with Gasteiger partial charge in [0.05, 0.1) is 12.2 Å². The number of carbonyl (C=O) groups is 1. The van der Waals surface area contributed by atoms with Crippen LogP contribution in [-0.4, -0.2) is 17.6 Å². The van der Waals surface area contributed by atoms with Gasteiger partial charge in [0.1, 0.15) is 16.7 Å². The average molecular weight is 292 g/mol. The Morgan fingerprint density at radius 2 is 1.90 bits per heavy atom. The second-order valence-corrected chi connectivity index (χ2v) is 4.41. The first-order chi connectivity index (χ1) is 9.70. The van der Waals surface area contributed by atoms with Crippen molar-refractivity contribution in [3.8, 4) is 11.5 Å². The van der Waals surface area contributed by atoms with Crippen molar-refractivity contribution in [2.24, 2.45) is 0 Å². The Morgan fingerprint density at radius 1 is 1.20 bits per heavy atom.